The normalized spacial score (nSPS) is 13.5. The minimum Gasteiger partial charge on any atom is -0.328 e. The Hall–Kier alpha value is -1.98. The molecule has 0 amide bonds. The lowest BCUT2D eigenvalue weighted by molar-refractivity contribution is 0.185. The predicted molar refractivity (Wildman–Crippen MR) is 86.2 cm³/mol. The van der Waals surface area contributed by atoms with Gasteiger partial charge in [-0.25, -0.2) is 14.0 Å². The smallest absolute Gasteiger partial charge is 0.328 e. The molecule has 0 unspecified atom stereocenters. The maximum Gasteiger partial charge on any atom is 0.397 e. The second-order valence-electron chi connectivity index (χ2n) is 5.66. The summed E-state index contributed by atoms with van der Waals surface area (Å²) < 4.78 is 38.2. The second-order valence-corrected chi connectivity index (χ2v) is 6.70. The van der Waals surface area contributed by atoms with E-state index in [9.17, 15) is 18.0 Å². The lowest BCUT2D eigenvalue weighted by Crippen LogP contribution is -2.39. The molecule has 0 aliphatic heterocycles. The van der Waals surface area contributed by atoms with Crippen molar-refractivity contribution >= 4 is 21.6 Å². The summed E-state index contributed by atoms with van der Waals surface area (Å²) in [6.07, 6.45) is 2.17. The highest BCUT2D eigenvalue weighted by molar-refractivity contribution is 7.80. The van der Waals surface area contributed by atoms with Crippen LogP contribution in [0.15, 0.2) is 15.9 Å². The van der Waals surface area contributed by atoms with Crippen molar-refractivity contribution in [2.45, 2.75) is 38.8 Å². The van der Waals surface area contributed by atoms with E-state index in [2.05, 4.69) is 9.17 Å². The largest absolute Gasteiger partial charge is 0.397 e. The first-order valence-corrected chi connectivity index (χ1v) is 8.75. The minimum absolute atomic E-state index is 0.200. The molecule has 0 saturated heterocycles. The lowest BCUT2D eigenvalue weighted by Gasteiger charge is -2.11. The fourth-order valence-electron chi connectivity index (χ4n) is 2.55. The molecular formula is C13H20N4O6S. The summed E-state index contributed by atoms with van der Waals surface area (Å²) in [7, 11) is -1.24. The number of fused-ring (bicyclic) bond motifs is 1. The van der Waals surface area contributed by atoms with Crippen LogP contribution in [0.5, 0.6) is 0 Å². The number of aromatic nitrogens is 4. The SMILES string of the molecule is C[C@@H](CCCCn1c(=O)c2c(ncn2C)n(C)c1=O)OS(=O)(=O)O. The summed E-state index contributed by atoms with van der Waals surface area (Å²) in [5.41, 5.74) is -0.178. The summed E-state index contributed by atoms with van der Waals surface area (Å²) in [5.74, 6) is 0. The van der Waals surface area contributed by atoms with Gasteiger partial charge in [0, 0.05) is 20.6 Å². The van der Waals surface area contributed by atoms with Gasteiger partial charge in [0.15, 0.2) is 11.2 Å². The van der Waals surface area contributed by atoms with Crippen molar-refractivity contribution in [2.24, 2.45) is 14.1 Å². The first kappa shape index (κ1) is 18.4. The van der Waals surface area contributed by atoms with Crippen LogP contribution >= 0.6 is 0 Å². The third-order valence-electron chi connectivity index (χ3n) is 3.73. The zero-order chi connectivity index (χ0) is 18.1. The van der Waals surface area contributed by atoms with Crippen LogP contribution in [0.4, 0.5) is 0 Å². The molecule has 2 aromatic rings. The summed E-state index contributed by atoms with van der Waals surface area (Å²) >= 11 is 0. The molecule has 0 aliphatic carbocycles. The topological polar surface area (TPSA) is 125 Å². The molecule has 0 bridgehead atoms. The molecule has 0 aliphatic rings. The predicted octanol–water partition coefficient (Wildman–Crippen LogP) is -0.188. The van der Waals surface area contributed by atoms with E-state index in [-0.39, 0.29) is 6.54 Å². The quantitative estimate of drug-likeness (QED) is 0.536. The first-order valence-electron chi connectivity index (χ1n) is 7.38. The van der Waals surface area contributed by atoms with E-state index in [1.165, 1.54) is 17.8 Å². The number of aryl methyl sites for hydroxylation is 2. The zero-order valence-electron chi connectivity index (χ0n) is 13.7. The Morgan fingerprint density at radius 2 is 1.96 bits per heavy atom. The van der Waals surface area contributed by atoms with Crippen LogP contribution in [0.3, 0.4) is 0 Å². The van der Waals surface area contributed by atoms with Gasteiger partial charge in [-0.15, -0.1) is 0 Å². The second kappa shape index (κ2) is 6.87. The fourth-order valence-corrected chi connectivity index (χ4v) is 3.06. The van der Waals surface area contributed by atoms with Gasteiger partial charge in [0.05, 0.1) is 12.4 Å². The Bertz CT molecular complexity index is 955. The average Bonchev–Trinajstić information content (AvgIpc) is 2.84. The maximum atomic E-state index is 12.5. The Balaban J connectivity index is 2.10. The monoisotopic (exact) mass is 360 g/mol. The van der Waals surface area contributed by atoms with E-state index in [0.29, 0.717) is 30.4 Å². The minimum atomic E-state index is -4.47. The van der Waals surface area contributed by atoms with Gasteiger partial charge in [-0.2, -0.15) is 8.42 Å². The number of imidazole rings is 1. The number of hydrogen-bond acceptors (Lipinski definition) is 6. The highest BCUT2D eigenvalue weighted by Gasteiger charge is 2.15. The molecule has 1 N–H and O–H groups in total. The van der Waals surface area contributed by atoms with Gasteiger partial charge in [-0.1, -0.05) is 0 Å². The highest BCUT2D eigenvalue weighted by Crippen LogP contribution is 2.08. The molecule has 0 radical (unpaired) electrons. The van der Waals surface area contributed by atoms with E-state index in [1.54, 1.807) is 18.7 Å². The van der Waals surface area contributed by atoms with Gasteiger partial charge in [-0.3, -0.25) is 18.5 Å². The molecule has 10 nitrogen and oxygen atoms in total. The van der Waals surface area contributed by atoms with Crippen LogP contribution in [-0.4, -0.2) is 37.8 Å². The Labute approximate surface area is 138 Å². The van der Waals surface area contributed by atoms with Crippen LogP contribution in [-0.2, 0) is 35.2 Å². The number of rotatable bonds is 7. The maximum absolute atomic E-state index is 12.5. The molecule has 0 saturated carbocycles. The van der Waals surface area contributed by atoms with Gasteiger partial charge in [0.25, 0.3) is 5.56 Å². The molecule has 0 fully saturated rings. The summed E-state index contributed by atoms with van der Waals surface area (Å²) in [6.45, 7) is 1.71. The van der Waals surface area contributed by atoms with E-state index >= 15 is 0 Å². The standard InChI is InChI=1S/C13H20N4O6S/c1-9(23-24(20,21)22)6-4-5-7-17-12(18)10-11(14-8-15(10)2)16(3)13(17)19/h8-9H,4-7H2,1-3H3,(H,20,21,22)/t9-/m0/s1. The van der Waals surface area contributed by atoms with Crippen LogP contribution in [0, 0.1) is 0 Å². The Morgan fingerprint density at radius 3 is 2.58 bits per heavy atom. The Kier molecular flexibility index (Phi) is 5.26. The third kappa shape index (κ3) is 3.91. The van der Waals surface area contributed by atoms with Crippen molar-refractivity contribution in [2.75, 3.05) is 0 Å². The summed E-state index contributed by atoms with van der Waals surface area (Å²) in [6, 6.07) is 0. The van der Waals surface area contributed by atoms with Crippen LogP contribution in [0.25, 0.3) is 11.2 Å². The van der Waals surface area contributed by atoms with Crippen molar-refractivity contribution in [3.05, 3.63) is 27.2 Å². The van der Waals surface area contributed by atoms with Gasteiger partial charge in [0.1, 0.15) is 0 Å². The van der Waals surface area contributed by atoms with Crippen molar-refractivity contribution < 1.29 is 17.2 Å². The van der Waals surface area contributed by atoms with Gasteiger partial charge >= 0.3 is 16.1 Å². The molecule has 0 spiro atoms. The van der Waals surface area contributed by atoms with Gasteiger partial charge < -0.3 is 4.57 Å². The summed E-state index contributed by atoms with van der Waals surface area (Å²) in [5, 5.41) is 0. The number of hydrogen-bond donors (Lipinski definition) is 1. The van der Waals surface area contributed by atoms with Gasteiger partial charge in [0.2, 0.25) is 0 Å². The lowest BCUT2D eigenvalue weighted by atomic mass is 10.2. The van der Waals surface area contributed by atoms with E-state index < -0.39 is 27.8 Å². The van der Waals surface area contributed by atoms with Crippen LogP contribution in [0.1, 0.15) is 26.2 Å². The molecule has 2 heterocycles. The van der Waals surface area contributed by atoms with E-state index in [4.69, 9.17) is 4.55 Å². The van der Waals surface area contributed by atoms with E-state index in [0.717, 1.165) is 4.57 Å². The molecule has 24 heavy (non-hydrogen) atoms. The fraction of sp³-hybridized carbons (Fsp3) is 0.615. The van der Waals surface area contributed by atoms with Crippen molar-refractivity contribution in [1.82, 2.24) is 18.7 Å². The average molecular weight is 360 g/mol. The van der Waals surface area contributed by atoms with Crippen molar-refractivity contribution in [3.8, 4) is 0 Å². The van der Waals surface area contributed by atoms with Gasteiger partial charge in [-0.05, 0) is 26.2 Å². The van der Waals surface area contributed by atoms with Crippen LogP contribution < -0.4 is 11.2 Å². The molecule has 1 atom stereocenters. The molecule has 0 aromatic carbocycles. The zero-order valence-corrected chi connectivity index (χ0v) is 14.5. The first-order chi connectivity index (χ1) is 11.1. The molecular weight excluding hydrogens is 340 g/mol. The molecule has 2 aromatic heterocycles. The summed E-state index contributed by atoms with van der Waals surface area (Å²) in [4.78, 5) is 28.8. The molecule has 11 heteroatoms. The van der Waals surface area contributed by atoms with E-state index in [1.807, 2.05) is 0 Å². The number of unbranched alkanes of at least 4 members (excludes halogenated alkanes) is 1. The third-order valence-corrected chi connectivity index (χ3v) is 4.30. The molecule has 2 rings (SSSR count). The molecule has 134 valence electrons. The number of nitrogens with zero attached hydrogens (tertiary/aromatic N) is 4. The highest BCUT2D eigenvalue weighted by atomic mass is 32.3. The Morgan fingerprint density at radius 1 is 1.29 bits per heavy atom. The van der Waals surface area contributed by atoms with Crippen molar-refractivity contribution in [3.63, 3.8) is 0 Å². The van der Waals surface area contributed by atoms with Crippen molar-refractivity contribution in [1.29, 1.82) is 0 Å². The van der Waals surface area contributed by atoms with Crippen LogP contribution in [0.2, 0.25) is 0 Å².